The van der Waals surface area contributed by atoms with Gasteiger partial charge in [-0.3, -0.25) is 0 Å². The van der Waals surface area contributed by atoms with Crippen molar-refractivity contribution < 1.29 is 0 Å². The summed E-state index contributed by atoms with van der Waals surface area (Å²) in [7, 11) is 0. The van der Waals surface area contributed by atoms with Gasteiger partial charge in [0.2, 0.25) is 0 Å². The van der Waals surface area contributed by atoms with Crippen LogP contribution in [0.5, 0.6) is 0 Å². The van der Waals surface area contributed by atoms with Crippen LogP contribution < -0.4 is 5.73 Å². The van der Waals surface area contributed by atoms with Crippen molar-refractivity contribution in [2.24, 2.45) is 5.92 Å². The standard InChI is InChI=1S/C12H15N5/c1-8-10(3-2-4-11(8)13)12-14-15-16-17(12)7-9-5-6-9/h2-4,9H,5-7,13H2,1H3. The molecule has 0 bridgehead atoms. The van der Waals surface area contributed by atoms with E-state index in [1.165, 1.54) is 12.8 Å². The molecule has 1 fully saturated rings. The maximum absolute atomic E-state index is 5.91. The molecule has 1 heterocycles. The first-order valence-electron chi connectivity index (χ1n) is 5.87. The first-order chi connectivity index (χ1) is 8.25. The van der Waals surface area contributed by atoms with E-state index in [2.05, 4.69) is 15.5 Å². The highest BCUT2D eigenvalue weighted by atomic mass is 15.5. The van der Waals surface area contributed by atoms with Crippen LogP contribution in [-0.4, -0.2) is 20.2 Å². The molecule has 1 aromatic heterocycles. The molecule has 5 heteroatoms. The average Bonchev–Trinajstić information content (AvgIpc) is 3.01. The minimum absolute atomic E-state index is 0.749. The van der Waals surface area contributed by atoms with Crippen LogP contribution >= 0.6 is 0 Å². The number of anilines is 1. The highest BCUT2D eigenvalue weighted by molar-refractivity contribution is 5.67. The van der Waals surface area contributed by atoms with Crippen molar-refractivity contribution in [1.82, 2.24) is 20.2 Å². The van der Waals surface area contributed by atoms with E-state index in [-0.39, 0.29) is 0 Å². The van der Waals surface area contributed by atoms with E-state index in [9.17, 15) is 0 Å². The summed E-state index contributed by atoms with van der Waals surface area (Å²) in [6, 6.07) is 5.85. The molecule has 2 N–H and O–H groups in total. The Morgan fingerprint density at radius 3 is 3.00 bits per heavy atom. The minimum atomic E-state index is 0.749. The predicted octanol–water partition coefficient (Wildman–Crippen LogP) is 1.64. The van der Waals surface area contributed by atoms with Crippen LogP contribution in [-0.2, 0) is 6.54 Å². The quantitative estimate of drug-likeness (QED) is 0.812. The topological polar surface area (TPSA) is 69.6 Å². The van der Waals surface area contributed by atoms with Crippen LogP contribution in [0.2, 0.25) is 0 Å². The fourth-order valence-electron chi connectivity index (χ4n) is 1.96. The molecular formula is C12H15N5. The average molecular weight is 229 g/mol. The maximum atomic E-state index is 5.91. The minimum Gasteiger partial charge on any atom is -0.398 e. The second-order valence-electron chi connectivity index (χ2n) is 4.65. The van der Waals surface area contributed by atoms with Gasteiger partial charge in [-0.2, -0.15) is 0 Å². The van der Waals surface area contributed by atoms with Gasteiger partial charge >= 0.3 is 0 Å². The summed E-state index contributed by atoms with van der Waals surface area (Å²) >= 11 is 0. The molecule has 3 rings (SSSR count). The number of nitrogen functional groups attached to an aromatic ring is 1. The van der Waals surface area contributed by atoms with E-state index >= 15 is 0 Å². The van der Waals surface area contributed by atoms with Crippen LogP contribution in [0.15, 0.2) is 18.2 Å². The summed E-state index contributed by atoms with van der Waals surface area (Å²) in [6.45, 7) is 2.91. The number of hydrogen-bond acceptors (Lipinski definition) is 4. The molecule has 1 aromatic carbocycles. The Labute approximate surface area is 99.6 Å². The van der Waals surface area contributed by atoms with Gasteiger partial charge in [-0.1, -0.05) is 12.1 Å². The van der Waals surface area contributed by atoms with Crippen molar-refractivity contribution in [3.8, 4) is 11.4 Å². The molecule has 0 saturated heterocycles. The van der Waals surface area contributed by atoms with E-state index in [0.717, 1.165) is 35.1 Å². The molecule has 0 aliphatic heterocycles. The van der Waals surface area contributed by atoms with Gasteiger partial charge in [-0.05, 0) is 47.7 Å². The monoisotopic (exact) mass is 229 g/mol. The Hall–Kier alpha value is -1.91. The van der Waals surface area contributed by atoms with Gasteiger partial charge in [0.25, 0.3) is 0 Å². The smallest absolute Gasteiger partial charge is 0.182 e. The summed E-state index contributed by atoms with van der Waals surface area (Å²) < 4.78 is 1.89. The molecule has 0 atom stereocenters. The lowest BCUT2D eigenvalue weighted by Crippen LogP contribution is -2.05. The SMILES string of the molecule is Cc1c(N)cccc1-c1nnnn1CC1CC1. The fraction of sp³-hybridized carbons (Fsp3) is 0.417. The zero-order valence-electron chi connectivity index (χ0n) is 9.80. The van der Waals surface area contributed by atoms with E-state index in [1.807, 2.05) is 29.8 Å². The lowest BCUT2D eigenvalue weighted by atomic mass is 10.1. The molecule has 0 amide bonds. The zero-order valence-corrected chi connectivity index (χ0v) is 9.80. The number of nitrogens with two attached hydrogens (primary N) is 1. The molecule has 1 saturated carbocycles. The van der Waals surface area contributed by atoms with Gasteiger partial charge in [-0.25, -0.2) is 4.68 Å². The molecule has 0 spiro atoms. The van der Waals surface area contributed by atoms with Gasteiger partial charge in [0.15, 0.2) is 5.82 Å². The molecular weight excluding hydrogens is 214 g/mol. The molecule has 17 heavy (non-hydrogen) atoms. The highest BCUT2D eigenvalue weighted by Crippen LogP contribution is 2.32. The van der Waals surface area contributed by atoms with Crippen molar-refractivity contribution in [2.75, 3.05) is 5.73 Å². The molecule has 88 valence electrons. The van der Waals surface area contributed by atoms with Crippen LogP contribution in [0.1, 0.15) is 18.4 Å². The van der Waals surface area contributed by atoms with Gasteiger partial charge in [-0.15, -0.1) is 5.10 Å². The Balaban J connectivity index is 2.02. The number of nitrogens with zero attached hydrogens (tertiary/aromatic N) is 4. The number of rotatable bonds is 3. The lowest BCUT2D eigenvalue weighted by molar-refractivity contribution is 0.548. The largest absolute Gasteiger partial charge is 0.398 e. The van der Waals surface area contributed by atoms with E-state index in [0.29, 0.717) is 0 Å². The molecule has 1 aliphatic carbocycles. The lowest BCUT2D eigenvalue weighted by Gasteiger charge is -2.08. The molecule has 0 radical (unpaired) electrons. The Morgan fingerprint density at radius 1 is 1.41 bits per heavy atom. The van der Waals surface area contributed by atoms with E-state index < -0.39 is 0 Å². The van der Waals surface area contributed by atoms with Crippen LogP contribution in [0.3, 0.4) is 0 Å². The van der Waals surface area contributed by atoms with Gasteiger partial charge < -0.3 is 5.73 Å². The second-order valence-corrected chi connectivity index (χ2v) is 4.65. The number of aromatic nitrogens is 4. The third-order valence-electron chi connectivity index (χ3n) is 3.28. The van der Waals surface area contributed by atoms with E-state index in [4.69, 9.17) is 5.73 Å². The molecule has 1 aliphatic rings. The van der Waals surface area contributed by atoms with Gasteiger partial charge in [0.05, 0.1) is 0 Å². The number of tetrazole rings is 1. The zero-order chi connectivity index (χ0) is 11.8. The summed E-state index contributed by atoms with van der Waals surface area (Å²) in [5.74, 6) is 1.57. The number of hydrogen-bond donors (Lipinski definition) is 1. The summed E-state index contributed by atoms with van der Waals surface area (Å²) in [4.78, 5) is 0. The van der Waals surface area contributed by atoms with Crippen LogP contribution in [0.25, 0.3) is 11.4 Å². The first kappa shape index (κ1) is 10.3. The van der Waals surface area contributed by atoms with Crippen LogP contribution in [0, 0.1) is 12.8 Å². The fourth-order valence-corrected chi connectivity index (χ4v) is 1.96. The van der Waals surface area contributed by atoms with E-state index in [1.54, 1.807) is 0 Å². The van der Waals surface area contributed by atoms with Gasteiger partial charge in [0.1, 0.15) is 0 Å². The van der Waals surface area contributed by atoms with Gasteiger partial charge in [0, 0.05) is 17.8 Å². The normalized spacial score (nSPS) is 15.1. The maximum Gasteiger partial charge on any atom is 0.182 e. The van der Waals surface area contributed by atoms with Crippen molar-refractivity contribution in [3.05, 3.63) is 23.8 Å². The van der Waals surface area contributed by atoms with Crippen molar-refractivity contribution >= 4 is 5.69 Å². The second kappa shape index (κ2) is 3.84. The summed E-state index contributed by atoms with van der Waals surface area (Å²) in [5, 5.41) is 11.9. The highest BCUT2D eigenvalue weighted by Gasteiger charge is 2.24. The molecule has 2 aromatic rings. The third kappa shape index (κ3) is 1.88. The Kier molecular flexibility index (Phi) is 2.31. The van der Waals surface area contributed by atoms with Crippen molar-refractivity contribution in [3.63, 3.8) is 0 Å². The van der Waals surface area contributed by atoms with Crippen molar-refractivity contribution in [1.29, 1.82) is 0 Å². The third-order valence-corrected chi connectivity index (χ3v) is 3.28. The number of benzene rings is 1. The predicted molar refractivity (Wildman–Crippen MR) is 65.1 cm³/mol. The first-order valence-corrected chi connectivity index (χ1v) is 5.87. The molecule has 0 unspecified atom stereocenters. The van der Waals surface area contributed by atoms with Crippen LogP contribution in [0.4, 0.5) is 5.69 Å². The Morgan fingerprint density at radius 2 is 2.24 bits per heavy atom. The molecule has 5 nitrogen and oxygen atoms in total. The van der Waals surface area contributed by atoms with Crippen molar-refractivity contribution in [2.45, 2.75) is 26.3 Å². The Bertz CT molecular complexity index is 542. The summed E-state index contributed by atoms with van der Waals surface area (Å²) in [5.41, 5.74) is 8.76. The summed E-state index contributed by atoms with van der Waals surface area (Å²) in [6.07, 6.45) is 2.57.